The number of carbonyl (C=O) groups excluding carboxylic acids is 1. The molecule has 0 radical (unpaired) electrons. The molecule has 120 valence electrons. The number of nitro groups is 1. The fraction of sp³-hybridized carbons (Fsp3) is 0.278. The van der Waals surface area contributed by atoms with Crippen LogP contribution in [0.2, 0.25) is 0 Å². The molecule has 23 heavy (non-hydrogen) atoms. The molecule has 0 saturated carbocycles. The molecule has 1 N–H and O–H groups in total. The van der Waals surface area contributed by atoms with Gasteiger partial charge < -0.3 is 5.32 Å². The molecule has 5 heteroatoms. The Morgan fingerprint density at radius 3 is 2.57 bits per heavy atom. The van der Waals surface area contributed by atoms with E-state index in [1.54, 1.807) is 19.1 Å². The van der Waals surface area contributed by atoms with Crippen molar-refractivity contribution in [1.29, 1.82) is 0 Å². The molecule has 1 amide bonds. The smallest absolute Gasteiger partial charge is 0.285 e. The summed E-state index contributed by atoms with van der Waals surface area (Å²) in [5.74, 6) is -0.171. The normalized spacial score (nSPS) is 11.8. The van der Waals surface area contributed by atoms with Crippen molar-refractivity contribution in [2.45, 2.75) is 33.1 Å². The van der Waals surface area contributed by atoms with Gasteiger partial charge in [-0.15, -0.1) is 0 Å². The number of aryl methyl sites for hydroxylation is 1. The van der Waals surface area contributed by atoms with E-state index in [4.69, 9.17) is 0 Å². The zero-order valence-electron chi connectivity index (χ0n) is 13.5. The summed E-state index contributed by atoms with van der Waals surface area (Å²) in [5, 5.41) is 14.1. The van der Waals surface area contributed by atoms with Crippen LogP contribution in [0.5, 0.6) is 0 Å². The Labute approximate surface area is 135 Å². The molecule has 0 bridgehead atoms. The Morgan fingerprint density at radius 1 is 1.22 bits per heavy atom. The minimum absolute atomic E-state index is 0.0777. The average Bonchev–Trinajstić information content (AvgIpc) is 2.54. The maximum absolute atomic E-state index is 12.5. The number of anilines is 1. The second-order valence-electron chi connectivity index (χ2n) is 5.58. The van der Waals surface area contributed by atoms with E-state index >= 15 is 0 Å². The molecule has 1 atom stereocenters. The van der Waals surface area contributed by atoms with Crippen molar-refractivity contribution in [3.8, 4) is 0 Å². The Morgan fingerprint density at radius 2 is 1.91 bits per heavy atom. The third-order valence-corrected chi connectivity index (χ3v) is 4.02. The molecule has 0 heterocycles. The molecule has 1 unspecified atom stereocenters. The lowest BCUT2D eigenvalue weighted by atomic mass is 9.96. The van der Waals surface area contributed by atoms with Crippen molar-refractivity contribution in [1.82, 2.24) is 0 Å². The van der Waals surface area contributed by atoms with Gasteiger partial charge in [0.2, 0.25) is 0 Å². The Balaban J connectivity index is 2.38. The lowest BCUT2D eigenvalue weighted by molar-refractivity contribution is -0.385. The Kier molecular flexibility index (Phi) is 5.11. The number of nitrogens with one attached hydrogen (secondary N) is 1. The zero-order valence-corrected chi connectivity index (χ0v) is 13.5. The number of para-hydroxylation sites is 2. The van der Waals surface area contributed by atoms with Gasteiger partial charge in [-0.05, 0) is 37.0 Å². The van der Waals surface area contributed by atoms with Gasteiger partial charge >= 0.3 is 0 Å². The Bertz CT molecular complexity index is 741. The van der Waals surface area contributed by atoms with Gasteiger partial charge in [0.1, 0.15) is 5.56 Å². The number of nitrogens with zero attached hydrogens (tertiary/aromatic N) is 1. The van der Waals surface area contributed by atoms with Gasteiger partial charge in [-0.25, -0.2) is 0 Å². The molecule has 2 aromatic rings. The van der Waals surface area contributed by atoms with E-state index in [0.29, 0.717) is 17.2 Å². The van der Waals surface area contributed by atoms with E-state index in [1.165, 1.54) is 6.07 Å². The van der Waals surface area contributed by atoms with E-state index in [0.717, 1.165) is 12.0 Å². The molecule has 0 aliphatic heterocycles. The van der Waals surface area contributed by atoms with Crippen molar-refractivity contribution in [3.63, 3.8) is 0 Å². The molecule has 0 aliphatic rings. The van der Waals surface area contributed by atoms with Crippen LogP contribution in [0.3, 0.4) is 0 Å². The second-order valence-corrected chi connectivity index (χ2v) is 5.58. The fourth-order valence-corrected chi connectivity index (χ4v) is 2.53. The van der Waals surface area contributed by atoms with Gasteiger partial charge in [0, 0.05) is 11.3 Å². The quantitative estimate of drug-likeness (QED) is 0.644. The number of benzene rings is 2. The maximum Gasteiger partial charge on any atom is 0.285 e. The molecule has 2 rings (SSSR count). The summed E-state index contributed by atoms with van der Waals surface area (Å²) in [7, 11) is 0. The monoisotopic (exact) mass is 312 g/mol. The summed E-state index contributed by atoms with van der Waals surface area (Å²) in [5.41, 5.74) is 2.12. The fourth-order valence-electron chi connectivity index (χ4n) is 2.53. The topological polar surface area (TPSA) is 72.2 Å². The van der Waals surface area contributed by atoms with Gasteiger partial charge in [-0.3, -0.25) is 14.9 Å². The number of hydrogen-bond acceptors (Lipinski definition) is 3. The van der Waals surface area contributed by atoms with Gasteiger partial charge in [0.05, 0.1) is 4.92 Å². The minimum atomic E-state index is -0.509. The summed E-state index contributed by atoms with van der Waals surface area (Å²) < 4.78 is 0. The van der Waals surface area contributed by atoms with Gasteiger partial charge in [-0.1, -0.05) is 44.2 Å². The number of nitro benzene ring substituents is 1. The lowest BCUT2D eigenvalue weighted by Crippen LogP contribution is -2.16. The summed E-state index contributed by atoms with van der Waals surface area (Å²) in [6, 6.07) is 12.3. The Hall–Kier alpha value is -2.69. The van der Waals surface area contributed by atoms with Crippen LogP contribution in [-0.2, 0) is 0 Å². The maximum atomic E-state index is 12.5. The van der Waals surface area contributed by atoms with Crippen molar-refractivity contribution < 1.29 is 9.72 Å². The van der Waals surface area contributed by atoms with Crippen molar-refractivity contribution in [2.24, 2.45) is 0 Å². The summed E-state index contributed by atoms with van der Waals surface area (Å²) >= 11 is 0. The zero-order chi connectivity index (χ0) is 17.0. The first kappa shape index (κ1) is 16.7. The molecule has 0 aliphatic carbocycles. The third-order valence-electron chi connectivity index (χ3n) is 4.02. The van der Waals surface area contributed by atoms with Crippen LogP contribution in [0.25, 0.3) is 0 Å². The standard InChI is InChI=1S/C18H20N2O3/c1-4-12(2)14-9-5-6-11-16(14)19-18(21)15-10-7-8-13(3)17(15)20(22)23/h5-12H,4H2,1-3H3,(H,19,21). The van der Waals surface area contributed by atoms with Gasteiger partial charge in [0.25, 0.3) is 11.6 Å². The van der Waals surface area contributed by atoms with Gasteiger partial charge in [-0.2, -0.15) is 0 Å². The minimum Gasteiger partial charge on any atom is -0.322 e. The van der Waals surface area contributed by atoms with Crippen LogP contribution in [0.1, 0.15) is 47.7 Å². The SMILES string of the molecule is CCC(C)c1ccccc1NC(=O)c1cccc(C)c1[N+](=O)[O-]. The van der Waals surface area contributed by atoms with Crippen molar-refractivity contribution >= 4 is 17.3 Å². The van der Waals surface area contributed by atoms with E-state index in [2.05, 4.69) is 19.2 Å². The summed E-state index contributed by atoms with van der Waals surface area (Å²) in [6.45, 7) is 5.79. The third kappa shape index (κ3) is 3.56. The summed E-state index contributed by atoms with van der Waals surface area (Å²) in [4.78, 5) is 23.3. The average molecular weight is 312 g/mol. The molecule has 5 nitrogen and oxygen atoms in total. The summed E-state index contributed by atoms with van der Waals surface area (Å²) in [6.07, 6.45) is 0.942. The highest BCUT2D eigenvalue weighted by atomic mass is 16.6. The molecule has 0 saturated heterocycles. The highest BCUT2D eigenvalue weighted by Crippen LogP contribution is 2.28. The first-order chi connectivity index (χ1) is 11.0. The predicted octanol–water partition coefficient (Wildman–Crippen LogP) is 4.67. The highest BCUT2D eigenvalue weighted by Gasteiger charge is 2.23. The lowest BCUT2D eigenvalue weighted by Gasteiger charge is -2.15. The van der Waals surface area contributed by atoms with Crippen LogP contribution in [0, 0.1) is 17.0 Å². The van der Waals surface area contributed by atoms with E-state index < -0.39 is 10.8 Å². The first-order valence-electron chi connectivity index (χ1n) is 7.60. The molecule has 2 aromatic carbocycles. The van der Waals surface area contributed by atoms with Crippen LogP contribution in [0.15, 0.2) is 42.5 Å². The van der Waals surface area contributed by atoms with E-state index in [9.17, 15) is 14.9 Å². The molecule has 0 fully saturated rings. The van der Waals surface area contributed by atoms with Crippen molar-refractivity contribution in [3.05, 3.63) is 69.3 Å². The molecular weight excluding hydrogens is 292 g/mol. The number of amides is 1. The van der Waals surface area contributed by atoms with Crippen LogP contribution in [-0.4, -0.2) is 10.8 Å². The number of rotatable bonds is 5. The van der Waals surface area contributed by atoms with Crippen molar-refractivity contribution in [2.75, 3.05) is 5.32 Å². The largest absolute Gasteiger partial charge is 0.322 e. The number of hydrogen-bond donors (Lipinski definition) is 1. The van der Waals surface area contributed by atoms with Crippen LogP contribution < -0.4 is 5.32 Å². The molecule has 0 aromatic heterocycles. The molecular formula is C18H20N2O3. The van der Waals surface area contributed by atoms with Crippen LogP contribution in [0.4, 0.5) is 11.4 Å². The van der Waals surface area contributed by atoms with E-state index in [-0.39, 0.29) is 11.3 Å². The predicted molar refractivity (Wildman–Crippen MR) is 90.9 cm³/mol. The van der Waals surface area contributed by atoms with Crippen LogP contribution >= 0.6 is 0 Å². The first-order valence-corrected chi connectivity index (χ1v) is 7.60. The highest BCUT2D eigenvalue weighted by molar-refractivity contribution is 6.07. The van der Waals surface area contributed by atoms with Gasteiger partial charge in [0.15, 0.2) is 0 Å². The second kappa shape index (κ2) is 7.05. The molecule has 0 spiro atoms. The van der Waals surface area contributed by atoms with E-state index in [1.807, 2.05) is 24.3 Å². The number of carbonyl (C=O) groups is 1.